The lowest BCUT2D eigenvalue weighted by Crippen LogP contribution is -2.49. The Hall–Kier alpha value is -0.610. The average molecular weight is 270 g/mol. The first-order chi connectivity index (χ1) is 8.71. The highest BCUT2D eigenvalue weighted by Crippen LogP contribution is 2.58. The standard InChI is InChI=1S/C15H26O4/c1-9(2)15(19)11-5-4-10(13(17)18)6-7-14(11,3)8-12(15)16/h9-12,16,19H,4-8H2,1-3H3,(H,17,18)/t10-,11-,12+,14+,15-/m0/s1. The van der Waals surface area contributed by atoms with Gasteiger partial charge < -0.3 is 15.3 Å². The fourth-order valence-electron chi connectivity index (χ4n) is 4.44. The van der Waals surface area contributed by atoms with Crippen molar-refractivity contribution in [3.8, 4) is 0 Å². The van der Waals surface area contributed by atoms with Gasteiger partial charge in [-0.05, 0) is 49.4 Å². The molecule has 2 fully saturated rings. The summed E-state index contributed by atoms with van der Waals surface area (Å²) in [5.41, 5.74) is -1.20. The summed E-state index contributed by atoms with van der Waals surface area (Å²) in [5.74, 6) is -1.04. The Kier molecular flexibility index (Phi) is 3.69. The summed E-state index contributed by atoms with van der Waals surface area (Å²) in [7, 11) is 0. The number of hydrogen-bond donors (Lipinski definition) is 3. The van der Waals surface area contributed by atoms with Crippen molar-refractivity contribution in [3.05, 3.63) is 0 Å². The van der Waals surface area contributed by atoms with Crippen molar-refractivity contribution in [2.45, 2.75) is 64.6 Å². The van der Waals surface area contributed by atoms with Gasteiger partial charge in [0.1, 0.15) is 0 Å². The van der Waals surface area contributed by atoms with Crippen LogP contribution in [0.25, 0.3) is 0 Å². The zero-order valence-electron chi connectivity index (χ0n) is 12.1. The summed E-state index contributed by atoms with van der Waals surface area (Å²) < 4.78 is 0. The molecular weight excluding hydrogens is 244 g/mol. The van der Waals surface area contributed by atoms with Crippen LogP contribution in [0.15, 0.2) is 0 Å². The van der Waals surface area contributed by atoms with Crippen molar-refractivity contribution in [2.24, 2.45) is 23.2 Å². The first-order valence-electron chi connectivity index (χ1n) is 7.35. The van der Waals surface area contributed by atoms with Crippen molar-refractivity contribution in [1.29, 1.82) is 0 Å². The molecule has 2 rings (SSSR count). The second-order valence-corrected chi connectivity index (χ2v) is 7.12. The van der Waals surface area contributed by atoms with Gasteiger partial charge in [-0.25, -0.2) is 0 Å². The quantitative estimate of drug-likeness (QED) is 0.717. The Bertz CT molecular complexity index is 367. The minimum absolute atomic E-state index is 0.000602. The molecule has 110 valence electrons. The molecule has 19 heavy (non-hydrogen) atoms. The molecule has 3 N–H and O–H groups in total. The van der Waals surface area contributed by atoms with Gasteiger partial charge in [0, 0.05) is 0 Å². The zero-order chi connectivity index (χ0) is 14.4. The van der Waals surface area contributed by atoms with Crippen LogP contribution in [0.4, 0.5) is 0 Å². The number of carboxylic acids is 1. The van der Waals surface area contributed by atoms with Gasteiger partial charge in [-0.1, -0.05) is 20.8 Å². The maximum atomic E-state index is 11.2. The number of fused-ring (bicyclic) bond motifs is 1. The Morgan fingerprint density at radius 2 is 1.89 bits per heavy atom. The van der Waals surface area contributed by atoms with Gasteiger partial charge in [0.25, 0.3) is 0 Å². The molecule has 2 aliphatic carbocycles. The van der Waals surface area contributed by atoms with E-state index in [1.54, 1.807) is 0 Å². The van der Waals surface area contributed by atoms with Gasteiger partial charge in [-0.3, -0.25) is 4.79 Å². The summed E-state index contributed by atoms with van der Waals surface area (Å²) in [6, 6.07) is 0. The van der Waals surface area contributed by atoms with Crippen LogP contribution in [0, 0.1) is 23.2 Å². The Balaban J connectivity index is 2.28. The molecule has 0 heterocycles. The van der Waals surface area contributed by atoms with Crippen molar-refractivity contribution >= 4 is 5.97 Å². The second-order valence-electron chi connectivity index (χ2n) is 7.12. The third-order valence-electron chi connectivity index (χ3n) is 5.73. The maximum Gasteiger partial charge on any atom is 0.306 e. The largest absolute Gasteiger partial charge is 0.481 e. The SMILES string of the molecule is CC(C)[C@@]1(O)[C@H](O)C[C@@]2(C)CC[C@@H](C(=O)O)CC[C@@H]21. The molecule has 2 saturated carbocycles. The van der Waals surface area contributed by atoms with E-state index in [2.05, 4.69) is 6.92 Å². The minimum atomic E-state index is -1.07. The van der Waals surface area contributed by atoms with Gasteiger partial charge in [0.2, 0.25) is 0 Å². The van der Waals surface area contributed by atoms with Gasteiger partial charge in [-0.15, -0.1) is 0 Å². The van der Waals surface area contributed by atoms with E-state index in [-0.39, 0.29) is 23.2 Å². The average Bonchev–Trinajstić information content (AvgIpc) is 2.44. The number of carboxylic acid groups (broad SMARTS) is 1. The third kappa shape index (κ3) is 2.19. The van der Waals surface area contributed by atoms with Gasteiger partial charge in [0.15, 0.2) is 0 Å². The topological polar surface area (TPSA) is 77.8 Å². The molecule has 0 spiro atoms. The first kappa shape index (κ1) is 14.8. The lowest BCUT2D eigenvalue weighted by atomic mass is 9.69. The molecule has 0 aliphatic heterocycles. The lowest BCUT2D eigenvalue weighted by Gasteiger charge is -2.40. The summed E-state index contributed by atoms with van der Waals surface area (Å²) in [6.07, 6.45) is 2.63. The Labute approximate surface area is 114 Å². The molecule has 0 aromatic carbocycles. The molecule has 0 saturated heterocycles. The number of carbonyl (C=O) groups is 1. The molecule has 4 nitrogen and oxygen atoms in total. The van der Waals surface area contributed by atoms with Crippen LogP contribution >= 0.6 is 0 Å². The number of hydrogen-bond acceptors (Lipinski definition) is 3. The molecule has 5 atom stereocenters. The fraction of sp³-hybridized carbons (Fsp3) is 0.933. The highest BCUT2D eigenvalue weighted by molar-refractivity contribution is 5.69. The Morgan fingerprint density at radius 1 is 1.26 bits per heavy atom. The van der Waals surface area contributed by atoms with E-state index in [1.807, 2.05) is 13.8 Å². The molecule has 0 bridgehead atoms. The molecule has 0 radical (unpaired) electrons. The highest BCUT2D eigenvalue weighted by Gasteiger charge is 2.60. The van der Waals surface area contributed by atoms with E-state index in [9.17, 15) is 20.1 Å². The molecule has 4 heteroatoms. The predicted octanol–water partition coefficient (Wildman–Crippen LogP) is 2.04. The summed E-state index contributed by atoms with van der Waals surface area (Å²) in [5, 5.41) is 30.5. The molecule has 0 unspecified atom stereocenters. The van der Waals surface area contributed by atoms with E-state index in [1.165, 1.54) is 0 Å². The van der Waals surface area contributed by atoms with Crippen LogP contribution in [0.1, 0.15) is 52.9 Å². The van der Waals surface area contributed by atoms with Crippen LogP contribution in [0.5, 0.6) is 0 Å². The summed E-state index contributed by atoms with van der Waals surface area (Å²) in [4.78, 5) is 11.2. The van der Waals surface area contributed by atoms with E-state index in [0.717, 1.165) is 6.42 Å². The second kappa shape index (κ2) is 4.74. The van der Waals surface area contributed by atoms with Gasteiger partial charge >= 0.3 is 5.97 Å². The summed E-state index contributed by atoms with van der Waals surface area (Å²) >= 11 is 0. The van der Waals surface area contributed by atoms with Crippen molar-refractivity contribution in [2.75, 3.05) is 0 Å². The summed E-state index contributed by atoms with van der Waals surface area (Å²) in [6.45, 7) is 5.98. The van der Waals surface area contributed by atoms with E-state index in [4.69, 9.17) is 0 Å². The van der Waals surface area contributed by atoms with E-state index < -0.39 is 17.7 Å². The number of aliphatic hydroxyl groups is 2. The fourth-order valence-corrected chi connectivity index (χ4v) is 4.44. The van der Waals surface area contributed by atoms with Crippen LogP contribution in [-0.2, 0) is 4.79 Å². The number of aliphatic hydroxyl groups excluding tert-OH is 1. The normalized spacial score (nSPS) is 46.9. The molecular formula is C15H26O4. The smallest absolute Gasteiger partial charge is 0.306 e. The highest BCUT2D eigenvalue weighted by atomic mass is 16.4. The molecule has 0 aromatic rings. The predicted molar refractivity (Wildman–Crippen MR) is 71.6 cm³/mol. The van der Waals surface area contributed by atoms with Crippen molar-refractivity contribution < 1.29 is 20.1 Å². The molecule has 2 aliphatic rings. The van der Waals surface area contributed by atoms with Crippen molar-refractivity contribution in [3.63, 3.8) is 0 Å². The van der Waals surface area contributed by atoms with E-state index >= 15 is 0 Å². The monoisotopic (exact) mass is 270 g/mol. The van der Waals surface area contributed by atoms with Crippen molar-refractivity contribution in [1.82, 2.24) is 0 Å². The van der Waals surface area contributed by atoms with Crippen LogP contribution < -0.4 is 0 Å². The number of rotatable bonds is 2. The van der Waals surface area contributed by atoms with E-state index in [0.29, 0.717) is 25.7 Å². The minimum Gasteiger partial charge on any atom is -0.481 e. The maximum absolute atomic E-state index is 11.2. The lowest BCUT2D eigenvalue weighted by molar-refractivity contribution is -0.142. The zero-order valence-corrected chi connectivity index (χ0v) is 12.1. The van der Waals surface area contributed by atoms with Gasteiger partial charge in [-0.2, -0.15) is 0 Å². The number of aliphatic carboxylic acids is 1. The van der Waals surface area contributed by atoms with Crippen LogP contribution in [0.2, 0.25) is 0 Å². The molecule has 0 aromatic heterocycles. The Morgan fingerprint density at radius 3 is 2.42 bits per heavy atom. The first-order valence-corrected chi connectivity index (χ1v) is 7.35. The van der Waals surface area contributed by atoms with Gasteiger partial charge in [0.05, 0.1) is 17.6 Å². The van der Waals surface area contributed by atoms with Crippen LogP contribution in [-0.4, -0.2) is 33.0 Å². The molecule has 0 amide bonds. The van der Waals surface area contributed by atoms with Crippen LogP contribution in [0.3, 0.4) is 0 Å². The third-order valence-corrected chi connectivity index (χ3v) is 5.73.